The van der Waals surface area contributed by atoms with Gasteiger partial charge >= 0.3 is 0 Å². The first kappa shape index (κ1) is 16.0. The molecule has 2 aromatic heterocycles. The molecule has 26 heavy (non-hydrogen) atoms. The fourth-order valence-corrected chi connectivity index (χ4v) is 2.97. The van der Waals surface area contributed by atoms with Gasteiger partial charge in [0.15, 0.2) is 5.65 Å². The van der Waals surface area contributed by atoms with Gasteiger partial charge in [-0.05, 0) is 49.7 Å². The van der Waals surface area contributed by atoms with Gasteiger partial charge in [-0.2, -0.15) is 10.1 Å². The molecule has 2 heterocycles. The molecule has 0 amide bonds. The molecule has 0 radical (unpaired) electrons. The van der Waals surface area contributed by atoms with Crippen molar-refractivity contribution in [3.63, 3.8) is 0 Å². The summed E-state index contributed by atoms with van der Waals surface area (Å²) in [7, 11) is 0. The van der Waals surface area contributed by atoms with Crippen LogP contribution in [-0.4, -0.2) is 30.6 Å². The molecule has 7 nitrogen and oxygen atoms in total. The number of nitrogens with zero attached hydrogens (tertiary/aromatic N) is 5. The Morgan fingerprint density at radius 3 is 2.65 bits per heavy atom. The van der Waals surface area contributed by atoms with Crippen LogP contribution in [0.2, 0.25) is 0 Å². The van der Waals surface area contributed by atoms with Crippen LogP contribution in [0.4, 0.5) is 5.95 Å². The van der Waals surface area contributed by atoms with Crippen molar-refractivity contribution in [2.24, 2.45) is 5.10 Å². The summed E-state index contributed by atoms with van der Waals surface area (Å²) in [6.07, 6.45) is 0. The smallest absolute Gasteiger partial charge is 0.265 e. The van der Waals surface area contributed by atoms with E-state index < -0.39 is 0 Å². The molecule has 4 aromatic rings. The number of anilines is 1. The van der Waals surface area contributed by atoms with Crippen molar-refractivity contribution in [2.75, 3.05) is 5.43 Å². The molecular formula is C19H18N6O. The number of aromatic hydroxyl groups is 1. The second kappa shape index (κ2) is 6.44. The fourth-order valence-electron chi connectivity index (χ4n) is 2.97. The number of rotatable bonds is 4. The minimum absolute atomic E-state index is 0.222. The number of phenols is 1. The molecule has 4 rings (SSSR count). The summed E-state index contributed by atoms with van der Waals surface area (Å²) in [5, 5.41) is 23.2. The summed E-state index contributed by atoms with van der Waals surface area (Å²) < 4.78 is 2.11. The van der Waals surface area contributed by atoms with Gasteiger partial charge in [0.2, 0.25) is 0 Å². The lowest BCUT2D eigenvalue weighted by atomic mass is 10.1. The van der Waals surface area contributed by atoms with Crippen molar-refractivity contribution >= 4 is 33.7 Å². The van der Waals surface area contributed by atoms with E-state index in [4.69, 9.17) is 0 Å². The number of hydrazone groups is 1. The lowest BCUT2D eigenvalue weighted by molar-refractivity contribution is 0.475. The Labute approximate surface area is 150 Å². The number of hydrogen-bond acceptors (Lipinski definition) is 6. The molecule has 0 saturated carbocycles. The van der Waals surface area contributed by atoms with Crippen molar-refractivity contribution < 1.29 is 5.11 Å². The zero-order valence-corrected chi connectivity index (χ0v) is 14.5. The van der Waals surface area contributed by atoms with E-state index in [2.05, 4.69) is 43.3 Å². The highest BCUT2D eigenvalue weighted by atomic mass is 16.3. The molecule has 0 spiro atoms. The van der Waals surface area contributed by atoms with E-state index >= 15 is 0 Å². The van der Waals surface area contributed by atoms with Gasteiger partial charge in [0, 0.05) is 11.9 Å². The predicted molar refractivity (Wildman–Crippen MR) is 102 cm³/mol. The number of para-hydroxylation sites is 1. The van der Waals surface area contributed by atoms with Crippen LogP contribution in [0.5, 0.6) is 5.75 Å². The average Bonchev–Trinajstić information content (AvgIpc) is 2.99. The first-order valence-electron chi connectivity index (χ1n) is 8.38. The second-order valence-corrected chi connectivity index (χ2v) is 5.92. The molecule has 0 saturated heterocycles. The third-order valence-corrected chi connectivity index (χ3v) is 4.30. The Balaban J connectivity index is 1.70. The van der Waals surface area contributed by atoms with Crippen LogP contribution in [-0.2, 0) is 6.54 Å². The summed E-state index contributed by atoms with van der Waals surface area (Å²) in [5.74, 6) is 0.563. The quantitative estimate of drug-likeness (QED) is 0.436. The summed E-state index contributed by atoms with van der Waals surface area (Å²) in [6.45, 7) is 4.74. The molecular weight excluding hydrogens is 328 g/mol. The Morgan fingerprint density at radius 1 is 1.12 bits per heavy atom. The largest absolute Gasteiger partial charge is 0.508 e. The molecule has 0 fully saturated rings. The van der Waals surface area contributed by atoms with Crippen molar-refractivity contribution in [2.45, 2.75) is 20.4 Å². The summed E-state index contributed by atoms with van der Waals surface area (Å²) >= 11 is 0. The van der Waals surface area contributed by atoms with E-state index in [1.165, 1.54) is 0 Å². The first-order chi connectivity index (χ1) is 12.7. The minimum atomic E-state index is 0.222. The number of phenolic OH excluding ortho intramolecular Hbond substituents is 1. The van der Waals surface area contributed by atoms with Crippen LogP contribution in [0.15, 0.2) is 53.6 Å². The SMILES string of the molecule is CCn1c2ccccc2c2nnc(NN=C(C)c3ccc(O)cc3)nc21. The lowest BCUT2D eigenvalue weighted by Crippen LogP contribution is -2.04. The molecule has 0 aliphatic heterocycles. The van der Waals surface area contributed by atoms with Crippen LogP contribution in [0.1, 0.15) is 19.4 Å². The maximum atomic E-state index is 9.37. The van der Waals surface area contributed by atoms with E-state index in [-0.39, 0.29) is 5.75 Å². The number of hydrogen-bond donors (Lipinski definition) is 2. The van der Waals surface area contributed by atoms with E-state index in [0.717, 1.165) is 39.9 Å². The molecule has 0 aliphatic rings. The van der Waals surface area contributed by atoms with Crippen LogP contribution >= 0.6 is 0 Å². The average molecular weight is 346 g/mol. The standard InChI is InChI=1S/C19H18N6O/c1-3-25-16-7-5-4-6-15(16)17-18(25)20-19(24-22-17)23-21-12(2)13-8-10-14(26)11-9-13/h4-11,26H,3H2,1-2H3,(H,20,23,24). The summed E-state index contributed by atoms with van der Waals surface area (Å²) in [6, 6.07) is 14.9. The zero-order chi connectivity index (χ0) is 18.1. The highest BCUT2D eigenvalue weighted by molar-refractivity contribution is 6.04. The predicted octanol–water partition coefficient (Wildman–Crippen LogP) is 3.54. The number of aryl methyl sites for hydroxylation is 1. The first-order valence-corrected chi connectivity index (χ1v) is 8.38. The van der Waals surface area contributed by atoms with Crippen molar-refractivity contribution in [1.82, 2.24) is 19.7 Å². The monoisotopic (exact) mass is 346 g/mol. The third kappa shape index (κ3) is 2.73. The highest BCUT2D eigenvalue weighted by Gasteiger charge is 2.13. The minimum Gasteiger partial charge on any atom is -0.508 e. The molecule has 0 bridgehead atoms. The van der Waals surface area contributed by atoms with Gasteiger partial charge in [0.1, 0.15) is 11.3 Å². The van der Waals surface area contributed by atoms with Crippen molar-refractivity contribution in [1.29, 1.82) is 0 Å². The van der Waals surface area contributed by atoms with Gasteiger partial charge in [-0.1, -0.05) is 18.2 Å². The molecule has 0 aliphatic carbocycles. The Hall–Kier alpha value is -3.48. The number of fused-ring (bicyclic) bond motifs is 3. The Bertz CT molecular complexity index is 1110. The number of nitrogens with one attached hydrogen (secondary N) is 1. The summed E-state index contributed by atoms with van der Waals surface area (Å²) in [4.78, 5) is 4.59. The Morgan fingerprint density at radius 2 is 1.88 bits per heavy atom. The van der Waals surface area contributed by atoms with Crippen LogP contribution in [0, 0.1) is 0 Å². The Kier molecular flexibility index (Phi) is 3.96. The zero-order valence-electron chi connectivity index (χ0n) is 14.5. The molecule has 2 N–H and O–H groups in total. The van der Waals surface area contributed by atoms with Crippen molar-refractivity contribution in [3.8, 4) is 5.75 Å². The molecule has 130 valence electrons. The lowest BCUT2D eigenvalue weighted by Gasteiger charge is -2.04. The van der Waals surface area contributed by atoms with Crippen LogP contribution in [0.3, 0.4) is 0 Å². The van der Waals surface area contributed by atoms with E-state index in [1.807, 2.05) is 25.1 Å². The van der Waals surface area contributed by atoms with E-state index in [1.54, 1.807) is 24.3 Å². The third-order valence-electron chi connectivity index (χ3n) is 4.30. The van der Waals surface area contributed by atoms with Gasteiger partial charge in [-0.25, -0.2) is 5.43 Å². The van der Waals surface area contributed by atoms with Gasteiger partial charge in [0.05, 0.1) is 11.2 Å². The number of aromatic nitrogens is 4. The molecule has 7 heteroatoms. The maximum absolute atomic E-state index is 9.37. The van der Waals surface area contributed by atoms with Crippen LogP contribution < -0.4 is 5.43 Å². The van der Waals surface area contributed by atoms with E-state index in [9.17, 15) is 5.11 Å². The molecule has 2 aromatic carbocycles. The normalized spacial score (nSPS) is 12.0. The molecule has 0 unspecified atom stereocenters. The summed E-state index contributed by atoms with van der Waals surface area (Å²) in [5.41, 5.74) is 7.18. The second-order valence-electron chi connectivity index (χ2n) is 5.92. The molecule has 0 atom stereocenters. The van der Waals surface area contributed by atoms with Gasteiger partial charge in [-0.3, -0.25) is 0 Å². The van der Waals surface area contributed by atoms with Crippen LogP contribution in [0.25, 0.3) is 22.1 Å². The van der Waals surface area contributed by atoms with Gasteiger partial charge < -0.3 is 9.67 Å². The fraction of sp³-hybridized carbons (Fsp3) is 0.158. The van der Waals surface area contributed by atoms with E-state index in [0.29, 0.717) is 5.95 Å². The highest BCUT2D eigenvalue weighted by Crippen LogP contribution is 2.26. The topological polar surface area (TPSA) is 88.2 Å². The van der Waals surface area contributed by atoms with Crippen molar-refractivity contribution in [3.05, 3.63) is 54.1 Å². The van der Waals surface area contributed by atoms with Gasteiger partial charge in [0.25, 0.3) is 5.95 Å². The number of benzene rings is 2. The maximum Gasteiger partial charge on any atom is 0.265 e. The van der Waals surface area contributed by atoms with Gasteiger partial charge in [-0.15, -0.1) is 10.2 Å².